The van der Waals surface area contributed by atoms with Crippen LogP contribution in [0, 0.1) is 29.6 Å². The van der Waals surface area contributed by atoms with Crippen LogP contribution in [0.15, 0.2) is 34.9 Å². The number of piperidine rings is 1. The Morgan fingerprint density at radius 3 is 2.51 bits per heavy atom. The third-order valence-electron chi connectivity index (χ3n) is 9.59. The molecule has 3 aliphatic heterocycles. The van der Waals surface area contributed by atoms with Crippen molar-refractivity contribution >= 4 is 39.1 Å². The van der Waals surface area contributed by atoms with Crippen LogP contribution in [0.3, 0.4) is 0 Å². The van der Waals surface area contributed by atoms with Crippen LogP contribution in [0.2, 0.25) is 0 Å². The van der Waals surface area contributed by atoms with Gasteiger partial charge in [0, 0.05) is 41.4 Å². The van der Waals surface area contributed by atoms with Crippen LogP contribution in [0.4, 0.5) is 0 Å². The van der Waals surface area contributed by atoms with Crippen LogP contribution >= 0.6 is 33.3 Å². The minimum absolute atomic E-state index is 0.0247. The van der Waals surface area contributed by atoms with E-state index in [1.165, 1.54) is 0 Å². The number of hydrogen-bond donors (Lipinski definition) is 5. The molecule has 3 fully saturated rings. The topological polar surface area (TPSA) is 131 Å². The fourth-order valence-corrected chi connectivity index (χ4v) is 10.4. The summed E-state index contributed by atoms with van der Waals surface area (Å²) in [5.74, 6) is 13.5. The number of aliphatic hydroxyl groups is 2. The van der Waals surface area contributed by atoms with E-state index in [0.29, 0.717) is 23.7 Å². The summed E-state index contributed by atoms with van der Waals surface area (Å²) in [6.45, 7) is 7.96. The average Bonchev–Trinajstić information content (AvgIpc) is 3.10. The summed E-state index contributed by atoms with van der Waals surface area (Å²) < 4.78 is 18.9. The number of thioether (sulfide) groups is 1. The van der Waals surface area contributed by atoms with E-state index in [2.05, 4.69) is 52.8 Å². The number of allylic oxidation sites excluding steroid dienone is 2. The molecule has 0 amide bonds. The maximum Gasteiger partial charge on any atom is 0.180 e. The summed E-state index contributed by atoms with van der Waals surface area (Å²) in [4.78, 5) is 19.4. The van der Waals surface area contributed by atoms with Gasteiger partial charge in [0.2, 0.25) is 0 Å². The fourth-order valence-electron chi connectivity index (χ4n) is 7.01. The lowest BCUT2D eigenvalue weighted by Gasteiger charge is -2.41. The summed E-state index contributed by atoms with van der Waals surface area (Å²) in [6.07, 6.45) is 6.45. The van der Waals surface area contributed by atoms with Crippen molar-refractivity contribution in [2.24, 2.45) is 5.92 Å². The number of aliphatic hydroxyl groups excluding tert-OH is 2. The second-order valence-electron chi connectivity index (χ2n) is 13.1. The van der Waals surface area contributed by atoms with Gasteiger partial charge in [0.05, 0.1) is 41.7 Å². The van der Waals surface area contributed by atoms with Crippen LogP contribution in [-0.4, -0.2) is 114 Å². The van der Waals surface area contributed by atoms with Crippen molar-refractivity contribution in [3.05, 3.63) is 34.9 Å². The predicted octanol–water partition coefficient (Wildman–Crippen LogP) is 3.11. The zero-order valence-corrected chi connectivity index (χ0v) is 31.4. The molecule has 49 heavy (non-hydrogen) atoms. The van der Waals surface area contributed by atoms with E-state index >= 15 is 0 Å². The molecule has 0 aromatic carbocycles. The van der Waals surface area contributed by atoms with Crippen LogP contribution in [-0.2, 0) is 23.8 Å². The lowest BCUT2D eigenvalue weighted by Crippen LogP contribution is -2.57. The quantitative estimate of drug-likeness (QED) is 0.0925. The van der Waals surface area contributed by atoms with Crippen LogP contribution < -0.4 is 16.1 Å². The molecular formula is C36H51N3O7S3. The molecule has 0 aromatic heterocycles. The van der Waals surface area contributed by atoms with E-state index in [9.17, 15) is 15.0 Å². The number of nitrogens with one attached hydrogen (secondary N) is 3. The number of ketones is 1. The minimum atomic E-state index is -0.866. The largest absolute Gasteiger partial charge is 0.392 e. The molecule has 5 N–H and O–H groups in total. The summed E-state index contributed by atoms with van der Waals surface area (Å²) in [6, 6.07) is -1.15. The van der Waals surface area contributed by atoms with Crippen molar-refractivity contribution in [3.8, 4) is 23.7 Å². The predicted molar refractivity (Wildman–Crippen MR) is 197 cm³/mol. The molecule has 0 bridgehead atoms. The zero-order chi connectivity index (χ0) is 34.9. The molecule has 0 aromatic rings. The Balaban J connectivity index is 1.32. The molecule has 0 spiro atoms. The van der Waals surface area contributed by atoms with Gasteiger partial charge in [-0.1, -0.05) is 58.3 Å². The molecule has 3 saturated heterocycles. The number of carbonyl (C=O) groups excluding carboxylic acids is 1. The van der Waals surface area contributed by atoms with Gasteiger partial charge >= 0.3 is 0 Å². The summed E-state index contributed by atoms with van der Waals surface area (Å²) in [7, 11) is 5.56. The Labute approximate surface area is 303 Å². The third kappa shape index (κ3) is 10.2. The van der Waals surface area contributed by atoms with Gasteiger partial charge in [-0.2, -0.15) is 17.2 Å². The Bertz CT molecular complexity index is 1340. The molecule has 270 valence electrons. The maximum absolute atomic E-state index is 13.5. The van der Waals surface area contributed by atoms with Gasteiger partial charge in [-0.15, -0.1) is 0 Å². The first-order chi connectivity index (χ1) is 23.7. The molecule has 5 rings (SSSR count). The minimum Gasteiger partial charge on any atom is -0.392 e. The van der Waals surface area contributed by atoms with E-state index in [-0.39, 0.29) is 29.5 Å². The van der Waals surface area contributed by atoms with E-state index < -0.39 is 49.1 Å². The summed E-state index contributed by atoms with van der Waals surface area (Å²) in [5.41, 5.74) is 5.43. The molecule has 7 unspecified atom stereocenters. The van der Waals surface area contributed by atoms with Crippen molar-refractivity contribution in [1.82, 2.24) is 16.1 Å². The maximum atomic E-state index is 13.5. The lowest BCUT2D eigenvalue weighted by atomic mass is 9.87. The molecule has 3 heterocycles. The van der Waals surface area contributed by atoms with Crippen molar-refractivity contribution in [1.29, 1.82) is 0 Å². The highest BCUT2D eigenvalue weighted by Crippen LogP contribution is 2.38. The Morgan fingerprint density at radius 2 is 1.80 bits per heavy atom. The first-order valence-electron chi connectivity index (χ1n) is 17.3. The van der Waals surface area contributed by atoms with Gasteiger partial charge in [0.1, 0.15) is 6.10 Å². The van der Waals surface area contributed by atoms with E-state index in [1.807, 2.05) is 41.7 Å². The molecule has 2 aliphatic carbocycles. The highest BCUT2D eigenvalue weighted by atomic mass is 33.1. The van der Waals surface area contributed by atoms with Gasteiger partial charge in [-0.3, -0.25) is 9.63 Å². The number of hydrogen-bond acceptors (Lipinski definition) is 13. The third-order valence-corrected chi connectivity index (χ3v) is 13.6. The Hall–Kier alpha value is -1.30. The molecule has 0 saturated carbocycles. The first kappa shape index (κ1) is 38.9. The standard InChI is InChI=1S/C36H51N3O7S3/c1-21-18-27(40)35(37-4)26-10-8-6-7-9-11-30(33(26)25(21)14-17-48-49-24-12-15-38-16-13-24)45-31-19-28(41)34(22(2)43-31)39-46-32-20-29(42)36(47-5)23(3)44-32/h6-7,14,21-24,28-32,34-39,41-42H,12-13,15-20H2,1-5H3/b7-6-,25-14-/t21?,22?,23?,28?,29-,30-,31?,32?,34+,35?,36+/m0/s1. The van der Waals surface area contributed by atoms with Gasteiger partial charge in [0.25, 0.3) is 0 Å². The van der Waals surface area contributed by atoms with Crippen LogP contribution in [0.5, 0.6) is 0 Å². The Morgan fingerprint density at radius 1 is 1.06 bits per heavy atom. The summed E-state index contributed by atoms with van der Waals surface area (Å²) >= 11 is 1.57. The summed E-state index contributed by atoms with van der Waals surface area (Å²) in [5, 5.41) is 29.1. The number of ether oxygens (including phenoxy) is 3. The van der Waals surface area contributed by atoms with Gasteiger partial charge in [-0.05, 0) is 76.7 Å². The number of Topliss-reactive ketones (excluding diaryl/α,β-unsaturated/α-hetero) is 1. The van der Waals surface area contributed by atoms with Crippen LogP contribution in [0.25, 0.3) is 0 Å². The average molecular weight is 734 g/mol. The van der Waals surface area contributed by atoms with Gasteiger partial charge in [0.15, 0.2) is 18.4 Å². The number of likely N-dealkylation sites (N-methyl/N-ethyl adjacent to an activating group) is 1. The highest BCUT2D eigenvalue weighted by Gasteiger charge is 2.42. The van der Waals surface area contributed by atoms with Crippen molar-refractivity contribution in [2.75, 3.05) is 32.1 Å². The van der Waals surface area contributed by atoms with E-state index in [4.69, 9.17) is 19.0 Å². The molecule has 13 heteroatoms. The fraction of sp³-hybridized carbons (Fsp3) is 0.694. The van der Waals surface area contributed by atoms with E-state index in [1.54, 1.807) is 31.0 Å². The normalized spacial score (nSPS) is 38.6. The van der Waals surface area contributed by atoms with Crippen molar-refractivity contribution in [3.63, 3.8) is 0 Å². The SMILES string of the molecule is CNC1C(=O)CC(C)/C(=C/CSSC2CCNCC2)C2=C1C#C/C=C\C#C[C@@H]2OC1CC(O)[C@H](NOC2C[C@H](O)[C@H](SC)C(C)O2)C(C)O1. The first-order valence-corrected chi connectivity index (χ1v) is 20.9. The Kier molecular flexibility index (Phi) is 15.1. The van der Waals surface area contributed by atoms with Crippen molar-refractivity contribution < 1.29 is 34.1 Å². The molecule has 11 atom stereocenters. The molecule has 0 radical (unpaired) electrons. The number of rotatable bonds is 11. The smallest absolute Gasteiger partial charge is 0.180 e. The number of carbonyl (C=O) groups is 1. The highest BCUT2D eigenvalue weighted by molar-refractivity contribution is 8.77. The molecule has 5 aliphatic rings. The second-order valence-corrected chi connectivity index (χ2v) is 16.9. The molecular weight excluding hydrogens is 683 g/mol. The van der Waals surface area contributed by atoms with Gasteiger partial charge in [-0.25, -0.2) is 0 Å². The lowest BCUT2D eigenvalue weighted by molar-refractivity contribution is -0.272. The van der Waals surface area contributed by atoms with Gasteiger partial charge < -0.3 is 35.1 Å². The van der Waals surface area contributed by atoms with Crippen molar-refractivity contribution in [2.45, 2.75) is 119 Å². The van der Waals surface area contributed by atoms with E-state index in [0.717, 1.165) is 42.8 Å². The number of hydroxylamine groups is 1. The second kappa shape index (κ2) is 19.0. The van der Waals surface area contributed by atoms with Crippen LogP contribution in [0.1, 0.15) is 52.9 Å². The zero-order valence-electron chi connectivity index (χ0n) is 29.0. The molecule has 10 nitrogen and oxygen atoms in total. The monoisotopic (exact) mass is 733 g/mol.